The Balaban J connectivity index is 1.91. The van der Waals surface area contributed by atoms with Crippen molar-refractivity contribution in [1.29, 1.82) is 0 Å². The summed E-state index contributed by atoms with van der Waals surface area (Å²) in [4.78, 5) is 0. The lowest BCUT2D eigenvalue weighted by Gasteiger charge is -2.12. The summed E-state index contributed by atoms with van der Waals surface area (Å²) in [6.07, 6.45) is 1.97. The van der Waals surface area contributed by atoms with Crippen LogP contribution in [0.15, 0.2) is 24.3 Å². The lowest BCUT2D eigenvalue weighted by Crippen LogP contribution is -2.14. The minimum atomic E-state index is -0.159. The highest BCUT2D eigenvalue weighted by Crippen LogP contribution is 2.31. The normalized spacial score (nSPS) is 17.1. The Morgan fingerprint density at radius 3 is 2.53 bits per heavy atom. The number of hydrogen-bond acceptors (Lipinski definition) is 3. The van der Waals surface area contributed by atoms with E-state index in [4.69, 9.17) is 11.6 Å². The number of nitrogens with zero attached hydrogens (tertiary/aromatic N) is 4. The summed E-state index contributed by atoms with van der Waals surface area (Å²) in [6.45, 7) is 1.89. The molecule has 0 bridgehead atoms. The first-order valence-corrected chi connectivity index (χ1v) is 6.18. The Morgan fingerprint density at radius 2 is 1.94 bits per heavy atom. The fourth-order valence-electron chi connectivity index (χ4n) is 2.43. The molecule has 1 aliphatic carbocycles. The van der Waals surface area contributed by atoms with E-state index in [-0.39, 0.29) is 5.38 Å². The van der Waals surface area contributed by atoms with E-state index in [1.54, 1.807) is 0 Å². The first kappa shape index (κ1) is 10.7. The third-order valence-corrected chi connectivity index (χ3v) is 3.44. The van der Waals surface area contributed by atoms with Gasteiger partial charge in [-0.2, -0.15) is 0 Å². The lowest BCUT2D eigenvalue weighted by molar-refractivity contribution is 0.445. The van der Waals surface area contributed by atoms with Crippen LogP contribution in [0.2, 0.25) is 0 Å². The number of halogens is 1. The number of hydrogen-bond donors (Lipinski definition) is 0. The Hall–Kier alpha value is -1.42. The zero-order chi connectivity index (χ0) is 11.8. The molecule has 0 saturated heterocycles. The maximum atomic E-state index is 6.08. The van der Waals surface area contributed by atoms with Gasteiger partial charge in [-0.15, -0.1) is 16.7 Å². The zero-order valence-electron chi connectivity index (χ0n) is 9.55. The lowest BCUT2D eigenvalue weighted by atomic mass is 10.1. The summed E-state index contributed by atoms with van der Waals surface area (Å²) in [5, 5.41) is 11.6. The monoisotopic (exact) mass is 248 g/mol. The summed E-state index contributed by atoms with van der Waals surface area (Å²) in [6, 6.07) is 8.80. The van der Waals surface area contributed by atoms with Crippen molar-refractivity contribution in [3.63, 3.8) is 0 Å². The van der Waals surface area contributed by atoms with Crippen molar-refractivity contribution in [2.24, 2.45) is 0 Å². The van der Waals surface area contributed by atoms with Gasteiger partial charge in [0.05, 0.1) is 11.4 Å². The van der Waals surface area contributed by atoms with Crippen LogP contribution in [-0.2, 0) is 12.8 Å². The molecular weight excluding hydrogens is 236 g/mol. The quantitative estimate of drug-likeness (QED) is 0.766. The smallest absolute Gasteiger partial charge is 0.169 e. The van der Waals surface area contributed by atoms with Gasteiger partial charge in [-0.1, -0.05) is 24.3 Å². The fourth-order valence-corrected chi connectivity index (χ4v) is 2.57. The van der Waals surface area contributed by atoms with Crippen LogP contribution in [0.1, 0.15) is 35.3 Å². The van der Waals surface area contributed by atoms with Crippen LogP contribution in [0.4, 0.5) is 0 Å². The molecule has 0 fully saturated rings. The predicted octanol–water partition coefficient (Wildman–Crippen LogP) is 2.31. The highest BCUT2D eigenvalue weighted by atomic mass is 35.5. The Labute approximate surface area is 105 Å². The van der Waals surface area contributed by atoms with Crippen molar-refractivity contribution in [2.75, 3.05) is 0 Å². The van der Waals surface area contributed by atoms with E-state index in [2.05, 4.69) is 39.8 Å². The second-order valence-electron chi connectivity index (χ2n) is 4.43. The van der Waals surface area contributed by atoms with Crippen molar-refractivity contribution in [2.45, 2.75) is 31.2 Å². The molecule has 88 valence electrons. The molecule has 0 N–H and O–H groups in total. The highest BCUT2D eigenvalue weighted by molar-refractivity contribution is 6.20. The number of benzene rings is 1. The summed E-state index contributed by atoms with van der Waals surface area (Å²) in [5.74, 6) is 0.754. The third kappa shape index (κ3) is 1.82. The maximum Gasteiger partial charge on any atom is 0.169 e. The molecule has 1 heterocycles. The Kier molecular flexibility index (Phi) is 2.59. The third-order valence-electron chi connectivity index (χ3n) is 3.25. The van der Waals surface area contributed by atoms with Crippen molar-refractivity contribution >= 4 is 11.6 Å². The maximum absolute atomic E-state index is 6.08. The van der Waals surface area contributed by atoms with Crippen molar-refractivity contribution in [1.82, 2.24) is 20.2 Å². The van der Waals surface area contributed by atoms with Crippen LogP contribution >= 0.6 is 11.6 Å². The molecule has 1 aromatic heterocycles. The van der Waals surface area contributed by atoms with Gasteiger partial charge < -0.3 is 0 Å². The van der Waals surface area contributed by atoms with Gasteiger partial charge in [-0.3, -0.25) is 0 Å². The van der Waals surface area contributed by atoms with E-state index < -0.39 is 0 Å². The molecule has 1 aliphatic rings. The number of fused-ring (bicyclic) bond motifs is 1. The summed E-state index contributed by atoms with van der Waals surface area (Å²) >= 11 is 6.08. The molecule has 1 atom stereocenters. The standard InChI is InChI=1S/C12H13ClN4/c1-8(13)12-14-15-16-17(12)11-6-9-4-2-3-5-10(9)7-11/h2-5,8,11H,6-7H2,1H3. The second-order valence-corrected chi connectivity index (χ2v) is 5.08. The van der Waals surface area contributed by atoms with Gasteiger partial charge in [0, 0.05) is 0 Å². The first-order valence-electron chi connectivity index (χ1n) is 5.74. The predicted molar refractivity (Wildman–Crippen MR) is 65.0 cm³/mol. The molecule has 0 saturated carbocycles. The van der Waals surface area contributed by atoms with Gasteiger partial charge in [0.25, 0.3) is 0 Å². The number of aromatic nitrogens is 4. The van der Waals surface area contributed by atoms with Crippen LogP contribution in [0, 0.1) is 0 Å². The summed E-state index contributed by atoms with van der Waals surface area (Å²) in [5.41, 5.74) is 2.78. The van der Waals surface area contributed by atoms with E-state index >= 15 is 0 Å². The molecule has 1 aromatic carbocycles. The molecule has 0 aliphatic heterocycles. The van der Waals surface area contributed by atoms with Crippen molar-refractivity contribution in [3.05, 3.63) is 41.2 Å². The molecular formula is C12H13ClN4. The van der Waals surface area contributed by atoms with Crippen molar-refractivity contribution < 1.29 is 0 Å². The SMILES string of the molecule is CC(Cl)c1nnnn1C1Cc2ccccc2C1. The molecule has 4 nitrogen and oxygen atoms in total. The van der Waals surface area contributed by atoms with Crippen LogP contribution in [0.5, 0.6) is 0 Å². The van der Waals surface area contributed by atoms with Gasteiger partial charge >= 0.3 is 0 Å². The molecule has 0 spiro atoms. The zero-order valence-corrected chi connectivity index (χ0v) is 10.3. The van der Waals surface area contributed by atoms with E-state index in [0.717, 1.165) is 18.7 Å². The Morgan fingerprint density at radius 1 is 1.29 bits per heavy atom. The van der Waals surface area contributed by atoms with Crippen LogP contribution in [0.3, 0.4) is 0 Å². The van der Waals surface area contributed by atoms with Crippen LogP contribution in [0.25, 0.3) is 0 Å². The summed E-state index contributed by atoms with van der Waals surface area (Å²) in [7, 11) is 0. The number of rotatable bonds is 2. The molecule has 2 aromatic rings. The first-order chi connectivity index (χ1) is 8.25. The van der Waals surface area contributed by atoms with E-state index in [0.29, 0.717) is 6.04 Å². The minimum absolute atomic E-state index is 0.159. The number of tetrazole rings is 1. The molecule has 3 rings (SSSR count). The molecule has 5 heteroatoms. The highest BCUT2D eigenvalue weighted by Gasteiger charge is 2.26. The molecule has 0 amide bonds. The molecule has 17 heavy (non-hydrogen) atoms. The Bertz CT molecular complexity index is 510. The average Bonchev–Trinajstić information content (AvgIpc) is 2.95. The fraction of sp³-hybridized carbons (Fsp3) is 0.417. The van der Waals surface area contributed by atoms with E-state index in [1.807, 2.05) is 11.6 Å². The van der Waals surface area contributed by atoms with Crippen LogP contribution < -0.4 is 0 Å². The van der Waals surface area contributed by atoms with E-state index in [9.17, 15) is 0 Å². The average molecular weight is 249 g/mol. The van der Waals surface area contributed by atoms with Gasteiger partial charge in [0.2, 0.25) is 0 Å². The second kappa shape index (κ2) is 4.11. The van der Waals surface area contributed by atoms with E-state index in [1.165, 1.54) is 11.1 Å². The van der Waals surface area contributed by atoms with Gasteiger partial charge in [0.1, 0.15) is 0 Å². The molecule has 0 radical (unpaired) electrons. The largest absolute Gasteiger partial charge is 0.224 e. The van der Waals surface area contributed by atoms with Crippen LogP contribution in [-0.4, -0.2) is 20.2 Å². The summed E-state index contributed by atoms with van der Waals surface area (Å²) < 4.78 is 1.87. The van der Waals surface area contributed by atoms with Gasteiger partial charge in [-0.05, 0) is 41.3 Å². The van der Waals surface area contributed by atoms with Gasteiger partial charge in [-0.25, -0.2) is 4.68 Å². The van der Waals surface area contributed by atoms with Gasteiger partial charge in [0.15, 0.2) is 5.82 Å². The van der Waals surface area contributed by atoms with Crippen molar-refractivity contribution in [3.8, 4) is 0 Å². The molecule has 1 unspecified atom stereocenters. The topological polar surface area (TPSA) is 43.6 Å². The minimum Gasteiger partial charge on any atom is -0.224 e. The number of alkyl halides is 1.